The van der Waals surface area contributed by atoms with Gasteiger partial charge >= 0.3 is 6.16 Å². The lowest BCUT2D eigenvalue weighted by atomic mass is 10.7. The molecule has 0 unspecified atom stereocenters. The first-order valence-electron chi connectivity index (χ1n) is 4.14. The molecule has 0 aromatic heterocycles. The van der Waals surface area contributed by atoms with Gasteiger partial charge in [0.15, 0.2) is 0 Å². The minimum Gasteiger partial charge on any atom is -0.432 e. The zero-order valence-electron chi connectivity index (χ0n) is 8.10. The molecular weight excluding hydrogens is 494 g/mol. The van der Waals surface area contributed by atoms with Crippen LogP contribution in [-0.2, 0) is 14.2 Å². The van der Waals surface area contributed by atoms with Gasteiger partial charge in [-0.3, -0.25) is 0 Å². The van der Waals surface area contributed by atoms with Crippen LogP contribution in [-0.4, -0.2) is 32.6 Å². The van der Waals surface area contributed by atoms with E-state index in [1.54, 1.807) is 0 Å². The molecule has 0 radical (unpaired) electrons. The summed E-state index contributed by atoms with van der Waals surface area (Å²) in [6, 6.07) is 0. The summed E-state index contributed by atoms with van der Waals surface area (Å²) in [6.07, 6.45) is -0.672. The van der Waals surface area contributed by atoms with Crippen molar-refractivity contribution in [2.24, 2.45) is 0 Å². The fourth-order valence-electron chi connectivity index (χ4n) is 0.547. The van der Waals surface area contributed by atoms with Gasteiger partial charge in [-0.1, -0.05) is 0 Å². The quantitative estimate of drug-likeness (QED) is 0.315. The maximum absolute atomic E-state index is 11.0. The van der Waals surface area contributed by atoms with E-state index in [0.717, 1.165) is 6.07 Å². The average molecular weight is 505 g/mol. The molecule has 0 aromatic carbocycles. The lowest BCUT2D eigenvalue weighted by Crippen LogP contribution is -2.12. The van der Waals surface area contributed by atoms with Crippen molar-refractivity contribution in [3.63, 3.8) is 0 Å². The number of hydrogen-bond donors (Lipinski definition) is 0. The molecule has 0 N–H and O–H groups in total. The SMILES string of the molecule is CCOCCOC(=O)OCC(I)=C(Br)I. The zero-order valence-corrected chi connectivity index (χ0v) is 14.0. The molecule has 88 valence electrons. The molecule has 0 bridgehead atoms. The van der Waals surface area contributed by atoms with Gasteiger partial charge in [-0.15, -0.1) is 0 Å². The number of rotatable bonds is 6. The first kappa shape index (κ1) is 15.9. The van der Waals surface area contributed by atoms with E-state index in [1.807, 2.05) is 6.92 Å². The third-order valence-corrected chi connectivity index (χ3v) is 4.93. The third kappa shape index (κ3) is 9.82. The second kappa shape index (κ2) is 10.1. The summed E-state index contributed by atoms with van der Waals surface area (Å²) in [7, 11) is 0. The highest BCUT2D eigenvalue weighted by Gasteiger charge is 2.05. The van der Waals surface area contributed by atoms with E-state index >= 15 is 0 Å². The van der Waals surface area contributed by atoms with Crippen molar-refractivity contribution < 1.29 is 19.0 Å². The van der Waals surface area contributed by atoms with Crippen LogP contribution in [0.15, 0.2) is 6.07 Å². The summed E-state index contributed by atoms with van der Waals surface area (Å²) < 4.78 is 16.4. The molecule has 7 heteroatoms. The summed E-state index contributed by atoms with van der Waals surface area (Å²) in [6.45, 7) is 3.33. The number of carbonyl (C=O) groups excluding carboxylic acids is 1. The van der Waals surface area contributed by atoms with Crippen molar-refractivity contribution in [3.05, 3.63) is 6.07 Å². The molecule has 0 atom stereocenters. The van der Waals surface area contributed by atoms with Crippen LogP contribution >= 0.6 is 61.1 Å². The Labute approximate surface area is 124 Å². The lowest BCUT2D eigenvalue weighted by Gasteiger charge is -2.05. The molecule has 15 heavy (non-hydrogen) atoms. The van der Waals surface area contributed by atoms with Crippen LogP contribution in [0.2, 0.25) is 0 Å². The molecule has 0 saturated carbocycles. The predicted molar refractivity (Wildman–Crippen MR) is 77.8 cm³/mol. The summed E-state index contributed by atoms with van der Waals surface area (Å²) in [5.41, 5.74) is 0. The Balaban J connectivity index is 3.54. The number of hydrogen-bond acceptors (Lipinski definition) is 4. The average Bonchev–Trinajstić information content (AvgIpc) is 2.20. The molecule has 0 amide bonds. The summed E-state index contributed by atoms with van der Waals surface area (Å²) >= 11 is 7.45. The Bertz CT molecular complexity index is 229. The fraction of sp³-hybridized carbons (Fsp3) is 0.625. The number of halogens is 3. The van der Waals surface area contributed by atoms with E-state index in [-0.39, 0.29) is 13.2 Å². The summed E-state index contributed by atoms with van der Waals surface area (Å²) in [4.78, 5) is 11.0. The Hall–Kier alpha value is 0.910. The van der Waals surface area contributed by atoms with E-state index in [0.29, 0.717) is 13.2 Å². The highest BCUT2D eigenvalue weighted by Crippen LogP contribution is 2.24. The summed E-state index contributed by atoms with van der Waals surface area (Å²) in [5, 5.41) is 0. The van der Waals surface area contributed by atoms with Crippen molar-refractivity contribution in [2.45, 2.75) is 6.92 Å². The van der Waals surface area contributed by atoms with E-state index in [1.165, 1.54) is 0 Å². The van der Waals surface area contributed by atoms with Gasteiger partial charge in [0, 0.05) is 10.2 Å². The minimum absolute atomic E-state index is 0.220. The molecule has 0 aliphatic heterocycles. The van der Waals surface area contributed by atoms with Gasteiger partial charge < -0.3 is 14.2 Å². The van der Waals surface area contributed by atoms with Crippen LogP contribution in [0.1, 0.15) is 6.92 Å². The molecular formula is C8H11BrI2O4. The first-order chi connectivity index (χ1) is 7.07. The Kier molecular flexibility index (Phi) is 10.7. The smallest absolute Gasteiger partial charge is 0.432 e. The molecule has 0 aliphatic carbocycles. The maximum Gasteiger partial charge on any atom is 0.508 e. The normalized spacial score (nSPS) is 12.0. The van der Waals surface area contributed by atoms with Crippen molar-refractivity contribution in [1.29, 1.82) is 0 Å². The van der Waals surface area contributed by atoms with Gasteiger partial charge in [0.2, 0.25) is 0 Å². The highest BCUT2D eigenvalue weighted by atomic mass is 127. The Morgan fingerprint density at radius 3 is 2.47 bits per heavy atom. The molecule has 4 nitrogen and oxygen atoms in total. The van der Waals surface area contributed by atoms with E-state index in [4.69, 9.17) is 14.2 Å². The van der Waals surface area contributed by atoms with Crippen molar-refractivity contribution in [2.75, 3.05) is 26.4 Å². The number of ether oxygens (including phenoxy) is 3. The first-order valence-corrected chi connectivity index (χ1v) is 7.10. The van der Waals surface area contributed by atoms with Crippen molar-refractivity contribution in [1.82, 2.24) is 0 Å². The largest absolute Gasteiger partial charge is 0.508 e. The minimum atomic E-state index is -0.672. The van der Waals surface area contributed by atoms with E-state index in [9.17, 15) is 4.79 Å². The maximum atomic E-state index is 11.0. The van der Waals surface area contributed by atoms with Crippen LogP contribution in [0.5, 0.6) is 0 Å². The van der Waals surface area contributed by atoms with Gasteiger partial charge in [-0.2, -0.15) is 0 Å². The number of carbonyl (C=O) groups is 1. The molecule has 0 aliphatic rings. The second-order valence-corrected chi connectivity index (χ2v) is 6.91. The molecule has 0 aromatic rings. The van der Waals surface area contributed by atoms with Crippen LogP contribution in [0.25, 0.3) is 0 Å². The highest BCUT2D eigenvalue weighted by molar-refractivity contribution is 14.1. The predicted octanol–water partition coefficient (Wildman–Crippen LogP) is 3.61. The lowest BCUT2D eigenvalue weighted by molar-refractivity contribution is 0.0344. The fourth-order valence-corrected chi connectivity index (χ4v) is 0.973. The topological polar surface area (TPSA) is 44.8 Å². The van der Waals surface area contributed by atoms with Gasteiger partial charge in [0.05, 0.1) is 9.10 Å². The van der Waals surface area contributed by atoms with Gasteiger partial charge in [0.25, 0.3) is 0 Å². The molecule has 0 spiro atoms. The van der Waals surface area contributed by atoms with Crippen molar-refractivity contribution in [3.8, 4) is 0 Å². The van der Waals surface area contributed by atoms with E-state index in [2.05, 4.69) is 61.1 Å². The monoisotopic (exact) mass is 504 g/mol. The van der Waals surface area contributed by atoms with Crippen LogP contribution in [0.3, 0.4) is 0 Å². The van der Waals surface area contributed by atoms with Crippen LogP contribution in [0, 0.1) is 0 Å². The zero-order chi connectivity index (χ0) is 11.7. The Morgan fingerprint density at radius 1 is 1.27 bits per heavy atom. The molecule has 0 saturated heterocycles. The van der Waals surface area contributed by atoms with Crippen molar-refractivity contribution >= 4 is 67.3 Å². The standard InChI is InChI=1S/C8H11BrI2O4/c1-2-13-3-4-14-8(12)15-5-6(10)7(9)11/h2-5H2,1H3. The van der Waals surface area contributed by atoms with Gasteiger partial charge in [0.1, 0.15) is 13.2 Å². The Morgan fingerprint density at radius 2 is 1.93 bits per heavy atom. The third-order valence-electron chi connectivity index (χ3n) is 1.17. The van der Waals surface area contributed by atoms with E-state index < -0.39 is 6.16 Å². The van der Waals surface area contributed by atoms with Gasteiger partial charge in [-0.25, -0.2) is 4.79 Å². The second-order valence-electron chi connectivity index (χ2n) is 2.25. The van der Waals surface area contributed by atoms with Gasteiger partial charge in [-0.05, 0) is 68.0 Å². The van der Waals surface area contributed by atoms with Crippen LogP contribution in [0.4, 0.5) is 4.79 Å². The molecule has 0 rings (SSSR count). The molecule has 0 heterocycles. The molecule has 0 fully saturated rings. The van der Waals surface area contributed by atoms with Crippen LogP contribution < -0.4 is 0 Å². The summed E-state index contributed by atoms with van der Waals surface area (Å²) in [5.74, 6) is 0.